The summed E-state index contributed by atoms with van der Waals surface area (Å²) in [6.07, 6.45) is 1.77. The Bertz CT molecular complexity index is 469. The minimum Gasteiger partial charge on any atom is -0.370 e. The van der Waals surface area contributed by atoms with Gasteiger partial charge in [-0.2, -0.15) is 0 Å². The van der Waals surface area contributed by atoms with Crippen molar-refractivity contribution >= 4 is 5.96 Å². The molecular formula is C13H16FN3. The van der Waals surface area contributed by atoms with E-state index in [9.17, 15) is 4.39 Å². The number of hydrogen-bond donors (Lipinski definition) is 1. The summed E-state index contributed by atoms with van der Waals surface area (Å²) in [6.45, 7) is 6.86. The molecule has 0 saturated heterocycles. The van der Waals surface area contributed by atoms with E-state index in [-0.39, 0.29) is 11.4 Å². The first-order valence-corrected chi connectivity index (χ1v) is 5.52. The molecule has 1 aliphatic heterocycles. The first-order chi connectivity index (χ1) is 8.08. The first kappa shape index (κ1) is 11.6. The van der Waals surface area contributed by atoms with E-state index >= 15 is 0 Å². The summed E-state index contributed by atoms with van der Waals surface area (Å²) >= 11 is 0. The van der Waals surface area contributed by atoms with Gasteiger partial charge in [0.1, 0.15) is 5.82 Å². The molecule has 0 aliphatic carbocycles. The summed E-state index contributed by atoms with van der Waals surface area (Å²) in [6, 6.07) is 6.57. The van der Waals surface area contributed by atoms with E-state index < -0.39 is 0 Å². The lowest BCUT2D eigenvalue weighted by Gasteiger charge is -2.36. The van der Waals surface area contributed by atoms with Crippen LogP contribution in [0.1, 0.15) is 12.5 Å². The molecule has 0 spiro atoms. The van der Waals surface area contributed by atoms with E-state index in [1.54, 1.807) is 12.1 Å². The van der Waals surface area contributed by atoms with Gasteiger partial charge in [-0.15, -0.1) is 6.58 Å². The highest BCUT2D eigenvalue weighted by Gasteiger charge is 2.38. The van der Waals surface area contributed by atoms with E-state index in [4.69, 9.17) is 5.73 Å². The van der Waals surface area contributed by atoms with Crippen molar-refractivity contribution in [1.82, 2.24) is 4.90 Å². The summed E-state index contributed by atoms with van der Waals surface area (Å²) in [7, 11) is 0. The number of nitrogens with two attached hydrogens (primary N) is 1. The number of guanidine groups is 1. The highest BCUT2D eigenvalue weighted by molar-refractivity contribution is 5.81. The van der Waals surface area contributed by atoms with Crippen LogP contribution < -0.4 is 5.73 Å². The van der Waals surface area contributed by atoms with Crippen molar-refractivity contribution in [1.29, 1.82) is 0 Å². The number of benzene rings is 1. The lowest BCUT2D eigenvalue weighted by Crippen LogP contribution is -2.47. The number of nitrogens with zero attached hydrogens (tertiary/aromatic N) is 2. The van der Waals surface area contributed by atoms with Crippen LogP contribution in [0.25, 0.3) is 0 Å². The Morgan fingerprint density at radius 1 is 1.65 bits per heavy atom. The third-order valence-electron chi connectivity index (χ3n) is 3.18. The predicted octanol–water partition coefficient (Wildman–Crippen LogP) is 1.86. The molecule has 0 saturated carbocycles. The molecule has 0 radical (unpaired) electrons. The second kappa shape index (κ2) is 4.20. The zero-order chi connectivity index (χ0) is 12.5. The predicted molar refractivity (Wildman–Crippen MR) is 67.1 cm³/mol. The molecule has 1 heterocycles. The SMILES string of the molecule is C=CCN1C(N)=NCC1(C)c1cccc(F)c1. The number of hydrogen-bond acceptors (Lipinski definition) is 3. The van der Waals surface area contributed by atoms with Crippen molar-refractivity contribution in [2.24, 2.45) is 10.7 Å². The van der Waals surface area contributed by atoms with Crippen molar-refractivity contribution in [2.45, 2.75) is 12.5 Å². The van der Waals surface area contributed by atoms with Crippen LogP contribution >= 0.6 is 0 Å². The lowest BCUT2D eigenvalue weighted by atomic mass is 9.91. The molecule has 2 N–H and O–H groups in total. The molecule has 1 aliphatic rings. The van der Waals surface area contributed by atoms with Crippen LogP contribution in [0.2, 0.25) is 0 Å². The molecule has 4 heteroatoms. The topological polar surface area (TPSA) is 41.6 Å². The fourth-order valence-electron chi connectivity index (χ4n) is 2.15. The van der Waals surface area contributed by atoms with Gasteiger partial charge in [0.15, 0.2) is 5.96 Å². The monoisotopic (exact) mass is 233 g/mol. The van der Waals surface area contributed by atoms with Crippen molar-refractivity contribution in [3.05, 3.63) is 48.3 Å². The van der Waals surface area contributed by atoms with Crippen LogP contribution in [0.15, 0.2) is 41.9 Å². The molecule has 0 amide bonds. The molecule has 0 aromatic heterocycles. The molecule has 1 aromatic rings. The van der Waals surface area contributed by atoms with E-state index in [1.165, 1.54) is 12.1 Å². The number of aliphatic imine (C=N–C) groups is 1. The molecule has 2 rings (SSSR count). The minimum absolute atomic E-state index is 0.243. The van der Waals surface area contributed by atoms with Crippen molar-refractivity contribution in [2.75, 3.05) is 13.1 Å². The van der Waals surface area contributed by atoms with Crippen LogP contribution in [0.5, 0.6) is 0 Å². The third-order valence-corrected chi connectivity index (χ3v) is 3.18. The summed E-state index contributed by atoms with van der Waals surface area (Å²) in [5.74, 6) is 0.240. The van der Waals surface area contributed by atoms with Crippen LogP contribution in [-0.4, -0.2) is 23.9 Å². The average molecular weight is 233 g/mol. The zero-order valence-corrected chi connectivity index (χ0v) is 9.86. The van der Waals surface area contributed by atoms with Crippen molar-refractivity contribution in [3.63, 3.8) is 0 Å². The molecule has 1 atom stereocenters. The summed E-state index contributed by atoms with van der Waals surface area (Å²) < 4.78 is 13.3. The lowest BCUT2D eigenvalue weighted by molar-refractivity contribution is 0.244. The molecule has 3 nitrogen and oxygen atoms in total. The van der Waals surface area contributed by atoms with Crippen LogP contribution in [0.4, 0.5) is 4.39 Å². The molecule has 1 unspecified atom stereocenters. The number of rotatable bonds is 3. The summed E-state index contributed by atoms with van der Waals surface area (Å²) in [5.41, 5.74) is 6.34. The van der Waals surface area contributed by atoms with Gasteiger partial charge < -0.3 is 10.6 Å². The summed E-state index contributed by atoms with van der Waals surface area (Å²) in [5, 5.41) is 0. The maximum absolute atomic E-state index is 13.3. The fraction of sp³-hybridized carbons (Fsp3) is 0.308. The normalized spacial score (nSPS) is 23.6. The molecule has 1 aromatic carbocycles. The highest BCUT2D eigenvalue weighted by Crippen LogP contribution is 2.32. The minimum atomic E-state index is -0.389. The van der Waals surface area contributed by atoms with Crippen LogP contribution in [0, 0.1) is 5.82 Å². The van der Waals surface area contributed by atoms with Crippen molar-refractivity contribution in [3.8, 4) is 0 Å². The molecule has 0 fully saturated rings. The van der Waals surface area contributed by atoms with Gasteiger partial charge in [0.25, 0.3) is 0 Å². The second-order valence-electron chi connectivity index (χ2n) is 4.36. The largest absolute Gasteiger partial charge is 0.370 e. The molecule has 17 heavy (non-hydrogen) atoms. The van der Waals surface area contributed by atoms with Gasteiger partial charge in [-0.05, 0) is 24.6 Å². The fourth-order valence-corrected chi connectivity index (χ4v) is 2.15. The number of halogens is 1. The van der Waals surface area contributed by atoms with Gasteiger partial charge in [0.2, 0.25) is 0 Å². The quantitative estimate of drug-likeness (QED) is 0.810. The third kappa shape index (κ3) is 1.90. The molecule has 0 bridgehead atoms. The van der Waals surface area contributed by atoms with Gasteiger partial charge in [0.05, 0.1) is 12.1 Å². The van der Waals surface area contributed by atoms with Crippen LogP contribution in [-0.2, 0) is 5.54 Å². The maximum Gasteiger partial charge on any atom is 0.192 e. The Kier molecular flexibility index (Phi) is 2.88. The standard InChI is InChI=1S/C13H16FN3/c1-3-7-17-12(15)16-9-13(17,2)10-5-4-6-11(14)8-10/h3-6,8H,1,7,9H2,2H3,(H2,15,16). The Balaban J connectivity index is 2.39. The Hall–Kier alpha value is -1.84. The first-order valence-electron chi connectivity index (χ1n) is 5.52. The summed E-state index contributed by atoms with van der Waals surface area (Å²) in [4.78, 5) is 6.18. The van der Waals surface area contributed by atoms with Gasteiger partial charge >= 0.3 is 0 Å². The molecule has 90 valence electrons. The van der Waals surface area contributed by atoms with Crippen molar-refractivity contribution < 1.29 is 4.39 Å². The maximum atomic E-state index is 13.3. The smallest absolute Gasteiger partial charge is 0.192 e. The van der Waals surface area contributed by atoms with E-state index in [1.807, 2.05) is 17.9 Å². The zero-order valence-electron chi connectivity index (χ0n) is 9.86. The highest BCUT2D eigenvalue weighted by atomic mass is 19.1. The second-order valence-corrected chi connectivity index (χ2v) is 4.36. The Labute approximate surface area is 100 Å². The van der Waals surface area contributed by atoms with Gasteiger partial charge in [-0.1, -0.05) is 18.2 Å². The van der Waals surface area contributed by atoms with E-state index in [2.05, 4.69) is 11.6 Å². The van der Waals surface area contributed by atoms with Crippen LogP contribution in [0.3, 0.4) is 0 Å². The van der Waals surface area contributed by atoms with Gasteiger partial charge in [-0.25, -0.2) is 4.39 Å². The van der Waals surface area contributed by atoms with E-state index in [0.717, 1.165) is 5.56 Å². The van der Waals surface area contributed by atoms with Gasteiger partial charge in [0, 0.05) is 6.54 Å². The van der Waals surface area contributed by atoms with Gasteiger partial charge in [-0.3, -0.25) is 4.99 Å². The van der Waals surface area contributed by atoms with E-state index in [0.29, 0.717) is 19.0 Å². The molecular weight excluding hydrogens is 217 g/mol. The Morgan fingerprint density at radius 2 is 2.41 bits per heavy atom. The average Bonchev–Trinajstić information content (AvgIpc) is 2.59. The Morgan fingerprint density at radius 3 is 3.06 bits per heavy atom.